The molecule has 5 nitrogen and oxygen atoms in total. The number of carbonyl (C=O) groups is 2. The monoisotopic (exact) mass is 572 g/mol. The summed E-state index contributed by atoms with van der Waals surface area (Å²) in [5.74, 6) is 1.50. The molecule has 1 heterocycles. The Morgan fingerprint density at radius 3 is 2.17 bits per heavy atom. The van der Waals surface area contributed by atoms with E-state index in [-0.39, 0.29) is 39.5 Å². The zero-order chi connectivity index (χ0) is 30.1. The molecule has 1 saturated heterocycles. The summed E-state index contributed by atoms with van der Waals surface area (Å²) in [6.07, 6.45) is 11.9. The minimum absolute atomic E-state index is 0.0646. The average Bonchev–Trinajstić information content (AvgIpc) is 3.24. The highest BCUT2D eigenvalue weighted by molar-refractivity contribution is 5.77. The second-order valence-corrected chi connectivity index (χ2v) is 17.0. The van der Waals surface area contributed by atoms with Gasteiger partial charge in [0.15, 0.2) is 0 Å². The first kappa shape index (κ1) is 31.3. The van der Waals surface area contributed by atoms with Crippen molar-refractivity contribution >= 4 is 11.9 Å². The molecule has 4 saturated carbocycles. The molecule has 4 aliphatic carbocycles. The number of hydrogen-bond acceptors (Lipinski definition) is 5. The van der Waals surface area contributed by atoms with Crippen molar-refractivity contribution in [2.75, 3.05) is 19.8 Å². The van der Waals surface area contributed by atoms with Gasteiger partial charge in [0.2, 0.25) is 0 Å². The third kappa shape index (κ3) is 4.55. The first-order valence-corrected chi connectivity index (χ1v) is 17.1. The Hall–Kier alpha value is -1.10. The van der Waals surface area contributed by atoms with Crippen LogP contribution < -0.4 is 0 Å². The Kier molecular flexibility index (Phi) is 8.03. The Labute approximate surface area is 250 Å². The van der Waals surface area contributed by atoms with Gasteiger partial charge in [0.25, 0.3) is 0 Å². The fraction of sp³-hybridized carbons (Fsp3) is 0.944. The SMILES string of the molecule is CCCOC(=O)C[C@]1(C)[C@H]2CC[C@@H]3[C@H]4[C@H]5OC[C@@]4(CCC5(C)C)CC[C@@]3(C)[C@]2(C)CC[C@H]1C(C)(C)C(=O)OCCC. The van der Waals surface area contributed by atoms with E-state index in [1.54, 1.807) is 0 Å². The maximum absolute atomic E-state index is 13.5. The molecule has 5 fully saturated rings. The highest BCUT2D eigenvalue weighted by Gasteiger charge is 2.72. The van der Waals surface area contributed by atoms with Gasteiger partial charge >= 0.3 is 11.9 Å². The Morgan fingerprint density at radius 1 is 0.829 bits per heavy atom. The van der Waals surface area contributed by atoms with E-state index in [2.05, 4.69) is 48.5 Å². The molecule has 5 rings (SSSR count). The van der Waals surface area contributed by atoms with Crippen molar-refractivity contribution in [2.24, 2.45) is 56.2 Å². The molecule has 0 aromatic rings. The van der Waals surface area contributed by atoms with Crippen LogP contribution in [0.25, 0.3) is 0 Å². The number of esters is 2. The Balaban J connectivity index is 1.52. The summed E-state index contributed by atoms with van der Waals surface area (Å²) in [5, 5.41) is 0. The van der Waals surface area contributed by atoms with E-state index >= 15 is 0 Å². The summed E-state index contributed by atoms with van der Waals surface area (Å²) in [4.78, 5) is 27.0. The molecule has 0 N–H and O–H groups in total. The van der Waals surface area contributed by atoms with E-state index in [0.717, 1.165) is 38.7 Å². The zero-order valence-electron chi connectivity index (χ0n) is 27.8. The standard InChI is InChI=1S/C36H60O5/c1-10-20-39-27(37)22-33(7)25(32(5,6)30(38)40-21-11-2)14-15-35(9)26(33)13-12-24-28-29-31(3,4)16-18-36(28,23-41-29)19-17-34(24,35)8/h24-26,28-29H,10-23H2,1-9H3/t24-,25+,26-,28+,29-,33+,34-,35-,36-/m1/s1. The quantitative estimate of drug-likeness (QED) is 0.273. The van der Waals surface area contributed by atoms with Crippen molar-refractivity contribution in [1.82, 2.24) is 0 Å². The summed E-state index contributed by atoms with van der Waals surface area (Å²) < 4.78 is 18.3. The lowest BCUT2D eigenvalue weighted by Crippen LogP contribution is -2.67. The molecule has 0 amide bonds. The van der Waals surface area contributed by atoms with Gasteiger partial charge in [-0.3, -0.25) is 9.59 Å². The zero-order valence-corrected chi connectivity index (χ0v) is 27.8. The van der Waals surface area contributed by atoms with Crippen LogP contribution in [0.5, 0.6) is 0 Å². The molecule has 5 aliphatic rings. The molecular weight excluding hydrogens is 512 g/mol. The van der Waals surface area contributed by atoms with E-state index in [1.165, 1.54) is 32.1 Å². The molecule has 234 valence electrons. The van der Waals surface area contributed by atoms with Crippen LogP contribution in [0.4, 0.5) is 0 Å². The van der Waals surface area contributed by atoms with Crippen molar-refractivity contribution in [3.63, 3.8) is 0 Å². The Morgan fingerprint density at radius 2 is 1.49 bits per heavy atom. The number of fused-ring (bicyclic) bond motifs is 3. The fourth-order valence-corrected chi connectivity index (χ4v) is 11.9. The number of carbonyl (C=O) groups excluding carboxylic acids is 2. The normalized spacial score (nSPS) is 44.8. The maximum atomic E-state index is 13.5. The molecule has 0 unspecified atom stereocenters. The third-order valence-corrected chi connectivity index (χ3v) is 14.2. The van der Waals surface area contributed by atoms with Crippen LogP contribution in [0.2, 0.25) is 0 Å². The second-order valence-electron chi connectivity index (χ2n) is 17.0. The van der Waals surface area contributed by atoms with Crippen molar-refractivity contribution in [3.8, 4) is 0 Å². The summed E-state index contributed by atoms with van der Waals surface area (Å²) >= 11 is 0. The van der Waals surface area contributed by atoms with Crippen molar-refractivity contribution in [2.45, 2.75) is 139 Å². The highest BCUT2D eigenvalue weighted by atomic mass is 16.5. The van der Waals surface area contributed by atoms with Gasteiger partial charge in [-0.1, -0.05) is 48.5 Å². The smallest absolute Gasteiger partial charge is 0.311 e. The molecular formula is C36H60O5. The van der Waals surface area contributed by atoms with Gasteiger partial charge < -0.3 is 14.2 Å². The lowest BCUT2D eigenvalue weighted by molar-refractivity contribution is -0.238. The van der Waals surface area contributed by atoms with E-state index in [0.29, 0.717) is 48.9 Å². The summed E-state index contributed by atoms with van der Waals surface area (Å²) in [5.41, 5.74) is -0.113. The van der Waals surface area contributed by atoms with Gasteiger partial charge in [-0.2, -0.15) is 0 Å². The molecule has 41 heavy (non-hydrogen) atoms. The molecule has 5 heteroatoms. The van der Waals surface area contributed by atoms with Gasteiger partial charge in [-0.25, -0.2) is 0 Å². The van der Waals surface area contributed by atoms with Crippen LogP contribution >= 0.6 is 0 Å². The number of ether oxygens (including phenoxy) is 3. The minimum Gasteiger partial charge on any atom is -0.466 e. The summed E-state index contributed by atoms with van der Waals surface area (Å²) in [6.45, 7) is 22.5. The average molecular weight is 573 g/mol. The van der Waals surface area contributed by atoms with E-state index in [1.807, 2.05) is 13.8 Å². The number of rotatable bonds is 8. The molecule has 0 aromatic carbocycles. The van der Waals surface area contributed by atoms with Gasteiger partial charge in [-0.15, -0.1) is 0 Å². The van der Waals surface area contributed by atoms with E-state index < -0.39 is 5.41 Å². The van der Waals surface area contributed by atoms with E-state index in [4.69, 9.17) is 14.2 Å². The van der Waals surface area contributed by atoms with Crippen molar-refractivity contribution in [3.05, 3.63) is 0 Å². The minimum atomic E-state index is -0.662. The Bertz CT molecular complexity index is 1020. The fourth-order valence-electron chi connectivity index (χ4n) is 11.9. The van der Waals surface area contributed by atoms with E-state index in [9.17, 15) is 9.59 Å². The lowest BCUT2D eigenvalue weighted by atomic mass is 9.32. The summed E-state index contributed by atoms with van der Waals surface area (Å²) in [6, 6.07) is 0. The van der Waals surface area contributed by atoms with Gasteiger partial charge in [0.1, 0.15) is 0 Å². The molecule has 9 atom stereocenters. The van der Waals surface area contributed by atoms with Gasteiger partial charge in [-0.05, 0) is 129 Å². The van der Waals surface area contributed by atoms with Gasteiger partial charge in [0, 0.05) is 0 Å². The van der Waals surface area contributed by atoms with Crippen molar-refractivity contribution < 1.29 is 23.8 Å². The first-order valence-electron chi connectivity index (χ1n) is 17.1. The molecule has 2 bridgehead atoms. The maximum Gasteiger partial charge on any atom is 0.311 e. The predicted molar refractivity (Wildman–Crippen MR) is 162 cm³/mol. The predicted octanol–water partition coefficient (Wildman–Crippen LogP) is 8.38. The van der Waals surface area contributed by atoms with Crippen LogP contribution in [0.3, 0.4) is 0 Å². The van der Waals surface area contributed by atoms with Crippen LogP contribution in [0.15, 0.2) is 0 Å². The molecule has 1 aliphatic heterocycles. The van der Waals surface area contributed by atoms with Gasteiger partial charge in [0.05, 0.1) is 37.8 Å². The lowest BCUT2D eigenvalue weighted by Gasteiger charge is -2.72. The van der Waals surface area contributed by atoms with Crippen LogP contribution in [0.1, 0.15) is 133 Å². The third-order valence-electron chi connectivity index (χ3n) is 14.2. The second kappa shape index (κ2) is 10.5. The molecule has 0 spiro atoms. The molecule has 0 aromatic heterocycles. The summed E-state index contributed by atoms with van der Waals surface area (Å²) in [7, 11) is 0. The highest BCUT2D eigenvalue weighted by Crippen LogP contribution is 2.77. The number of hydrogen-bond donors (Lipinski definition) is 0. The van der Waals surface area contributed by atoms with Crippen LogP contribution in [-0.2, 0) is 23.8 Å². The molecule has 0 radical (unpaired) electrons. The van der Waals surface area contributed by atoms with Crippen LogP contribution in [-0.4, -0.2) is 37.9 Å². The largest absolute Gasteiger partial charge is 0.466 e. The topological polar surface area (TPSA) is 61.8 Å². The van der Waals surface area contributed by atoms with Crippen molar-refractivity contribution in [1.29, 1.82) is 0 Å². The van der Waals surface area contributed by atoms with Crippen LogP contribution in [0, 0.1) is 56.2 Å². The first-order chi connectivity index (χ1) is 19.1.